The topological polar surface area (TPSA) is 116 Å². The summed E-state index contributed by atoms with van der Waals surface area (Å²) in [5, 5.41) is 17.4. The minimum absolute atomic E-state index is 0.226. The number of nitrogens with two attached hydrogens (primary N) is 1. The minimum atomic E-state index is -0.715. The van der Waals surface area contributed by atoms with Gasteiger partial charge in [0.2, 0.25) is 0 Å². The van der Waals surface area contributed by atoms with Crippen LogP contribution in [0.5, 0.6) is 0 Å². The van der Waals surface area contributed by atoms with Crippen molar-refractivity contribution in [3.8, 4) is 0 Å². The van der Waals surface area contributed by atoms with E-state index < -0.39 is 6.23 Å². The Balaban J connectivity index is 1.54. The Morgan fingerprint density at radius 2 is 2.06 bits per heavy atom. The SMILES string of the molecule is CCCN(CCC)C(O)C1=Cc2ccc(C(=O)Nc3cncc(C4CCNC4)c3)cc2N=C(N)C1. The van der Waals surface area contributed by atoms with Gasteiger partial charge in [-0.3, -0.25) is 14.7 Å². The van der Waals surface area contributed by atoms with E-state index >= 15 is 0 Å². The molecule has 2 aromatic rings. The number of nitrogens with one attached hydrogen (secondary N) is 2. The molecule has 0 aliphatic carbocycles. The fourth-order valence-electron chi connectivity index (χ4n) is 4.78. The normalized spacial score (nSPS) is 18.5. The molecule has 2 aliphatic rings. The van der Waals surface area contributed by atoms with Gasteiger partial charge in [-0.1, -0.05) is 19.9 Å². The third kappa shape index (κ3) is 6.14. The van der Waals surface area contributed by atoms with E-state index in [0.717, 1.165) is 62.1 Å². The molecule has 186 valence electrons. The van der Waals surface area contributed by atoms with E-state index in [1.807, 2.05) is 24.4 Å². The summed E-state index contributed by atoms with van der Waals surface area (Å²) in [7, 11) is 0. The van der Waals surface area contributed by atoms with Crippen molar-refractivity contribution in [2.24, 2.45) is 10.7 Å². The number of nitrogens with zero attached hydrogens (tertiary/aromatic N) is 3. The fourth-order valence-corrected chi connectivity index (χ4v) is 4.78. The first-order chi connectivity index (χ1) is 17.0. The first-order valence-corrected chi connectivity index (χ1v) is 12.5. The number of benzene rings is 1. The van der Waals surface area contributed by atoms with Crippen LogP contribution in [0.25, 0.3) is 6.08 Å². The number of aliphatic hydroxyl groups is 1. The van der Waals surface area contributed by atoms with Crippen LogP contribution in [0.1, 0.15) is 66.9 Å². The summed E-state index contributed by atoms with van der Waals surface area (Å²) in [6.07, 6.45) is 8.14. The van der Waals surface area contributed by atoms with Crippen molar-refractivity contribution in [3.05, 3.63) is 58.9 Å². The third-order valence-electron chi connectivity index (χ3n) is 6.53. The molecule has 1 saturated heterocycles. The number of aliphatic hydroxyl groups excluding tert-OH is 1. The van der Waals surface area contributed by atoms with Crippen LogP contribution in [0, 0.1) is 0 Å². The van der Waals surface area contributed by atoms with Crippen molar-refractivity contribution in [3.63, 3.8) is 0 Å². The molecule has 1 fully saturated rings. The molecule has 0 bridgehead atoms. The second-order valence-corrected chi connectivity index (χ2v) is 9.33. The van der Waals surface area contributed by atoms with E-state index in [4.69, 9.17) is 5.73 Å². The number of pyridine rings is 1. The predicted molar refractivity (Wildman–Crippen MR) is 141 cm³/mol. The number of aliphatic imine (C=N–C) groups is 1. The van der Waals surface area contributed by atoms with Gasteiger partial charge in [0.1, 0.15) is 12.1 Å². The highest BCUT2D eigenvalue weighted by molar-refractivity contribution is 6.05. The highest BCUT2D eigenvalue weighted by Gasteiger charge is 2.22. The number of fused-ring (bicyclic) bond motifs is 1. The Hall–Kier alpha value is -3.07. The summed E-state index contributed by atoms with van der Waals surface area (Å²) >= 11 is 0. The summed E-state index contributed by atoms with van der Waals surface area (Å²) in [4.78, 5) is 23.9. The van der Waals surface area contributed by atoms with Crippen molar-refractivity contribution in [2.45, 2.75) is 51.7 Å². The molecule has 1 aromatic heterocycles. The van der Waals surface area contributed by atoms with E-state index in [9.17, 15) is 9.90 Å². The number of carbonyl (C=O) groups is 1. The average molecular weight is 477 g/mol. The maximum Gasteiger partial charge on any atom is 0.255 e. The van der Waals surface area contributed by atoms with Crippen LogP contribution in [0.3, 0.4) is 0 Å². The smallest absolute Gasteiger partial charge is 0.255 e. The Morgan fingerprint density at radius 1 is 1.26 bits per heavy atom. The van der Waals surface area contributed by atoms with E-state index in [1.54, 1.807) is 18.3 Å². The van der Waals surface area contributed by atoms with Crippen LogP contribution < -0.4 is 16.4 Å². The van der Waals surface area contributed by atoms with E-state index in [1.165, 1.54) is 0 Å². The summed E-state index contributed by atoms with van der Waals surface area (Å²) in [5.74, 6) is 0.614. The van der Waals surface area contributed by atoms with Crippen LogP contribution in [-0.2, 0) is 0 Å². The molecule has 2 unspecified atom stereocenters. The molecular weight excluding hydrogens is 440 g/mol. The van der Waals surface area contributed by atoms with E-state index in [0.29, 0.717) is 35.1 Å². The second-order valence-electron chi connectivity index (χ2n) is 9.33. The molecule has 1 aromatic carbocycles. The molecule has 4 rings (SSSR count). The van der Waals surface area contributed by atoms with Gasteiger partial charge in [-0.15, -0.1) is 0 Å². The highest BCUT2D eigenvalue weighted by atomic mass is 16.3. The third-order valence-corrected chi connectivity index (χ3v) is 6.53. The molecule has 8 heteroatoms. The Morgan fingerprint density at radius 3 is 2.77 bits per heavy atom. The zero-order valence-electron chi connectivity index (χ0n) is 20.6. The zero-order valence-corrected chi connectivity index (χ0v) is 20.6. The molecule has 0 spiro atoms. The van der Waals surface area contributed by atoms with Crippen molar-refractivity contribution in [1.82, 2.24) is 15.2 Å². The lowest BCUT2D eigenvalue weighted by atomic mass is 10.00. The molecular formula is C27H36N6O2. The quantitative estimate of drug-likeness (QED) is 0.411. The van der Waals surface area contributed by atoms with Crippen LogP contribution in [0.4, 0.5) is 11.4 Å². The zero-order chi connectivity index (χ0) is 24.8. The Kier molecular flexibility index (Phi) is 8.28. The maximum atomic E-state index is 13.0. The van der Waals surface area contributed by atoms with Gasteiger partial charge in [-0.05, 0) is 67.1 Å². The molecule has 35 heavy (non-hydrogen) atoms. The lowest BCUT2D eigenvalue weighted by Gasteiger charge is -2.28. The summed E-state index contributed by atoms with van der Waals surface area (Å²) in [6, 6.07) is 7.38. The first kappa shape index (κ1) is 25.0. The molecule has 5 N–H and O–H groups in total. The minimum Gasteiger partial charge on any atom is -0.387 e. The molecule has 0 radical (unpaired) electrons. The molecule has 0 saturated carbocycles. The predicted octanol–water partition coefficient (Wildman–Crippen LogP) is 3.63. The average Bonchev–Trinajstić information content (AvgIpc) is 3.33. The summed E-state index contributed by atoms with van der Waals surface area (Å²) in [5.41, 5.74) is 10.8. The second kappa shape index (κ2) is 11.6. The lowest BCUT2D eigenvalue weighted by Crippen LogP contribution is -2.38. The lowest BCUT2D eigenvalue weighted by molar-refractivity contribution is 0.0323. The number of aromatic nitrogens is 1. The fraction of sp³-hybridized carbons (Fsp3) is 0.444. The van der Waals surface area contributed by atoms with Gasteiger partial charge >= 0.3 is 0 Å². The maximum absolute atomic E-state index is 13.0. The summed E-state index contributed by atoms with van der Waals surface area (Å²) in [6.45, 7) is 7.76. The van der Waals surface area contributed by atoms with Crippen LogP contribution in [0.2, 0.25) is 0 Å². The Bertz CT molecular complexity index is 1100. The van der Waals surface area contributed by atoms with Crippen molar-refractivity contribution in [1.29, 1.82) is 0 Å². The number of anilines is 1. The van der Waals surface area contributed by atoms with Gasteiger partial charge in [0.05, 0.1) is 17.6 Å². The molecule has 2 atom stereocenters. The van der Waals surface area contributed by atoms with Crippen LogP contribution >= 0.6 is 0 Å². The van der Waals surface area contributed by atoms with E-state index in [2.05, 4.69) is 39.4 Å². The number of hydrogen-bond acceptors (Lipinski definition) is 7. The van der Waals surface area contributed by atoms with Crippen molar-refractivity contribution < 1.29 is 9.90 Å². The molecule has 3 heterocycles. The number of amidine groups is 1. The van der Waals surface area contributed by atoms with Gasteiger partial charge in [0.15, 0.2) is 0 Å². The number of carbonyl (C=O) groups excluding carboxylic acids is 1. The number of rotatable bonds is 9. The monoisotopic (exact) mass is 476 g/mol. The largest absolute Gasteiger partial charge is 0.387 e. The number of amides is 1. The number of hydrogen-bond donors (Lipinski definition) is 4. The highest BCUT2D eigenvalue weighted by Crippen LogP contribution is 2.30. The van der Waals surface area contributed by atoms with Crippen LogP contribution in [-0.4, -0.2) is 59.1 Å². The van der Waals surface area contributed by atoms with Gasteiger partial charge in [0, 0.05) is 43.4 Å². The van der Waals surface area contributed by atoms with Gasteiger partial charge < -0.3 is 21.5 Å². The summed E-state index contributed by atoms with van der Waals surface area (Å²) < 4.78 is 0. The Labute approximate surface area is 207 Å². The molecule has 2 aliphatic heterocycles. The first-order valence-electron chi connectivity index (χ1n) is 12.5. The molecule has 1 amide bonds. The van der Waals surface area contributed by atoms with Crippen molar-refractivity contribution in [2.75, 3.05) is 31.5 Å². The van der Waals surface area contributed by atoms with Gasteiger partial charge in [0.25, 0.3) is 5.91 Å². The van der Waals surface area contributed by atoms with Gasteiger partial charge in [-0.2, -0.15) is 0 Å². The van der Waals surface area contributed by atoms with Crippen molar-refractivity contribution >= 4 is 29.2 Å². The standard InChI is InChI=1S/C27H36N6O2/c1-3-9-33(10-4-2)27(35)21-11-18-5-6-19(13-24(18)32-25(28)14-21)26(34)31-23-12-22(16-30-17-23)20-7-8-29-15-20/h5-6,11-13,16-17,20,27,29,35H,3-4,7-10,14-15H2,1-2H3,(H2,28,32)(H,31,34). The van der Waals surface area contributed by atoms with Gasteiger partial charge in [-0.25, -0.2) is 4.99 Å². The molecule has 8 nitrogen and oxygen atoms in total. The van der Waals surface area contributed by atoms with Crippen LogP contribution in [0.15, 0.2) is 47.2 Å². The van der Waals surface area contributed by atoms with E-state index in [-0.39, 0.29) is 5.91 Å².